The van der Waals surface area contributed by atoms with E-state index >= 15 is 0 Å². The second-order valence-electron chi connectivity index (χ2n) is 9.74. The fourth-order valence-electron chi connectivity index (χ4n) is 4.55. The number of thiophene rings is 1. The summed E-state index contributed by atoms with van der Waals surface area (Å²) in [5, 5.41) is 12.2. The minimum Gasteiger partial charge on any atom is -0.445 e. The van der Waals surface area contributed by atoms with E-state index in [2.05, 4.69) is 37.5 Å². The molecule has 0 spiro atoms. The molecule has 2 atom stereocenters. The molecule has 1 fully saturated rings. The molecule has 1 saturated heterocycles. The first kappa shape index (κ1) is 28.3. The highest BCUT2D eigenvalue weighted by molar-refractivity contribution is 7.20. The number of anilines is 2. The molecule has 0 radical (unpaired) electrons. The van der Waals surface area contributed by atoms with Crippen molar-refractivity contribution in [3.8, 4) is 11.8 Å². The van der Waals surface area contributed by atoms with Gasteiger partial charge in [-0.2, -0.15) is 5.10 Å². The third-order valence-electron chi connectivity index (χ3n) is 6.53. The summed E-state index contributed by atoms with van der Waals surface area (Å²) in [4.78, 5) is 23.0. The zero-order valence-electron chi connectivity index (χ0n) is 22.3. The molecular formula is C29H27ClFN7O2S. The minimum atomic E-state index is -0.347. The van der Waals surface area contributed by atoms with Gasteiger partial charge >= 0.3 is 6.09 Å². The van der Waals surface area contributed by atoms with Crippen LogP contribution in [0.2, 0.25) is 0 Å². The third-order valence-corrected chi connectivity index (χ3v) is 7.58. The van der Waals surface area contributed by atoms with Crippen LogP contribution < -0.4 is 10.6 Å². The molecule has 0 aliphatic carbocycles. The lowest BCUT2D eigenvalue weighted by Gasteiger charge is -2.15. The Hall–Kier alpha value is -4.24. The van der Waals surface area contributed by atoms with Gasteiger partial charge in [0, 0.05) is 38.1 Å². The van der Waals surface area contributed by atoms with Crippen LogP contribution in [-0.2, 0) is 11.3 Å². The molecule has 41 heavy (non-hydrogen) atoms. The molecule has 9 nitrogen and oxygen atoms in total. The van der Waals surface area contributed by atoms with Gasteiger partial charge in [-0.3, -0.25) is 10.00 Å². The number of nitrogens with zero attached hydrogens (tertiary/aromatic N) is 5. The summed E-state index contributed by atoms with van der Waals surface area (Å²) in [5.74, 6) is 6.93. The van der Waals surface area contributed by atoms with Gasteiger partial charge < -0.3 is 15.0 Å². The van der Waals surface area contributed by atoms with Gasteiger partial charge in [0.05, 0.1) is 39.4 Å². The van der Waals surface area contributed by atoms with Crippen LogP contribution in [0.4, 0.5) is 20.7 Å². The predicted octanol–water partition coefficient (Wildman–Crippen LogP) is 5.17. The van der Waals surface area contributed by atoms with Gasteiger partial charge in [-0.05, 0) is 42.0 Å². The monoisotopic (exact) mass is 591 g/mol. The number of hydrogen-bond donors (Lipinski definition) is 2. The second-order valence-corrected chi connectivity index (χ2v) is 10.8. The van der Waals surface area contributed by atoms with E-state index in [1.54, 1.807) is 26.4 Å². The lowest BCUT2D eigenvalue weighted by Crippen LogP contribution is -2.29. The van der Waals surface area contributed by atoms with Gasteiger partial charge in [-0.25, -0.2) is 19.2 Å². The normalized spacial score (nSPS) is 16.2. The maximum atomic E-state index is 13.6. The van der Waals surface area contributed by atoms with E-state index in [1.165, 1.54) is 34.7 Å². The summed E-state index contributed by atoms with van der Waals surface area (Å²) >= 11 is 1.52. The Balaban J connectivity index is 0.00000337. The van der Waals surface area contributed by atoms with E-state index in [-0.39, 0.29) is 36.5 Å². The van der Waals surface area contributed by atoms with Gasteiger partial charge in [-0.1, -0.05) is 24.0 Å². The zero-order valence-corrected chi connectivity index (χ0v) is 23.9. The molecule has 4 heterocycles. The van der Waals surface area contributed by atoms with Crippen molar-refractivity contribution >= 4 is 62.5 Å². The van der Waals surface area contributed by atoms with Crippen molar-refractivity contribution < 1.29 is 13.9 Å². The fourth-order valence-corrected chi connectivity index (χ4v) is 5.47. The molecule has 1 aliphatic rings. The Morgan fingerprint density at radius 2 is 2.12 bits per heavy atom. The number of aromatic nitrogens is 4. The van der Waals surface area contributed by atoms with E-state index in [4.69, 9.17) is 4.74 Å². The van der Waals surface area contributed by atoms with Crippen molar-refractivity contribution in [2.45, 2.75) is 25.1 Å². The smallest absolute Gasteiger partial charge is 0.409 e. The molecule has 2 N–H and O–H groups in total. The number of carbonyl (C=O) groups is 1. The van der Waals surface area contributed by atoms with Crippen molar-refractivity contribution in [2.24, 2.45) is 0 Å². The zero-order chi connectivity index (χ0) is 27.6. The predicted molar refractivity (Wildman–Crippen MR) is 160 cm³/mol. The fraction of sp³-hybridized carbons (Fsp3) is 0.241. The number of fused-ring (bicyclic) bond motifs is 2. The van der Waals surface area contributed by atoms with Crippen molar-refractivity contribution in [3.63, 3.8) is 0 Å². The number of hydrogen-bond acceptors (Lipinski definition) is 8. The number of halogens is 2. The van der Waals surface area contributed by atoms with Crippen molar-refractivity contribution in [1.82, 2.24) is 30.0 Å². The summed E-state index contributed by atoms with van der Waals surface area (Å²) in [6.45, 7) is 1.07. The molecule has 5 aromatic rings. The van der Waals surface area contributed by atoms with Gasteiger partial charge in [0.15, 0.2) is 5.82 Å². The van der Waals surface area contributed by atoms with Crippen LogP contribution >= 0.6 is 23.7 Å². The number of rotatable bonds is 5. The van der Waals surface area contributed by atoms with Gasteiger partial charge in [-0.15, -0.1) is 23.7 Å². The Bertz CT molecular complexity index is 1780. The van der Waals surface area contributed by atoms with Crippen LogP contribution in [0.5, 0.6) is 0 Å². The number of nitrogens with one attached hydrogen (secondary N) is 2. The molecule has 12 heteroatoms. The number of ether oxygens (including phenoxy) is 1. The summed E-state index contributed by atoms with van der Waals surface area (Å²) in [6.07, 6.45) is 3.44. The summed E-state index contributed by atoms with van der Waals surface area (Å²) in [6, 6.07) is 14.4. The van der Waals surface area contributed by atoms with Gasteiger partial charge in [0.1, 0.15) is 18.2 Å². The number of carbonyl (C=O) groups excluding carboxylic acids is 1. The first-order valence-electron chi connectivity index (χ1n) is 12.8. The van der Waals surface area contributed by atoms with Gasteiger partial charge in [0.25, 0.3) is 0 Å². The van der Waals surface area contributed by atoms with E-state index in [1.807, 2.05) is 35.0 Å². The van der Waals surface area contributed by atoms with E-state index in [0.717, 1.165) is 37.2 Å². The highest BCUT2D eigenvalue weighted by atomic mass is 35.5. The maximum Gasteiger partial charge on any atom is 0.409 e. The molecule has 6 rings (SSSR count). The molecular weight excluding hydrogens is 565 g/mol. The average Bonchev–Trinajstić information content (AvgIpc) is 3.66. The molecule has 2 aromatic carbocycles. The van der Waals surface area contributed by atoms with E-state index < -0.39 is 0 Å². The molecule has 0 saturated carbocycles. The first-order chi connectivity index (χ1) is 19.4. The third kappa shape index (κ3) is 6.41. The van der Waals surface area contributed by atoms with Crippen LogP contribution in [0.3, 0.4) is 0 Å². The van der Waals surface area contributed by atoms with Crippen LogP contribution in [-0.4, -0.2) is 63.5 Å². The molecule has 1 aliphatic heterocycles. The Morgan fingerprint density at radius 1 is 1.24 bits per heavy atom. The second kappa shape index (κ2) is 12.1. The number of amides is 1. The Kier molecular flexibility index (Phi) is 8.35. The maximum absolute atomic E-state index is 13.6. The number of benzene rings is 2. The topological polar surface area (TPSA) is 97.2 Å². The molecule has 210 valence electrons. The molecule has 0 bridgehead atoms. The quantitative estimate of drug-likeness (QED) is 0.272. The summed E-state index contributed by atoms with van der Waals surface area (Å²) in [7, 11) is 3.33. The van der Waals surface area contributed by atoms with Crippen molar-refractivity contribution in [1.29, 1.82) is 0 Å². The Morgan fingerprint density at radius 3 is 2.95 bits per heavy atom. The van der Waals surface area contributed by atoms with E-state index in [0.29, 0.717) is 25.3 Å². The van der Waals surface area contributed by atoms with Crippen LogP contribution in [0, 0.1) is 17.7 Å². The largest absolute Gasteiger partial charge is 0.445 e. The van der Waals surface area contributed by atoms with Gasteiger partial charge in [0.2, 0.25) is 0 Å². The van der Waals surface area contributed by atoms with Crippen LogP contribution in [0.25, 0.3) is 21.1 Å². The standard InChI is InChI=1S/C29H26FN7O2S.ClH/c1-36(2)29(38)39-23-12-21(31-15-23)6-8-24-13-25-27(40-24)28(33-17-32-25)35-22-7-9-26-19(11-22)14-34-37(26)16-18-4-3-5-20(30)10-18;/h3-5,7,9-11,13-14,17,21,23,31H,12,15-16H2,1-2H3,(H,32,33,35);1H/t21-,23+;/m1./s1. The minimum absolute atomic E-state index is 0. The molecule has 1 amide bonds. The van der Waals surface area contributed by atoms with Crippen LogP contribution in [0.15, 0.2) is 61.1 Å². The van der Waals surface area contributed by atoms with Crippen molar-refractivity contribution in [2.75, 3.05) is 26.0 Å². The Labute approximate surface area is 246 Å². The summed E-state index contributed by atoms with van der Waals surface area (Å²) < 4.78 is 21.8. The highest BCUT2D eigenvalue weighted by Gasteiger charge is 2.26. The van der Waals surface area contributed by atoms with E-state index in [9.17, 15) is 9.18 Å². The molecule has 3 aromatic heterocycles. The summed E-state index contributed by atoms with van der Waals surface area (Å²) in [5.41, 5.74) is 3.49. The SMILES string of the molecule is CN(C)C(=O)O[C@@H]1CN[C@H](C#Cc2cc3ncnc(Nc4ccc5c(cnn5Cc5cccc(F)c5)c4)c3s2)C1.Cl. The lowest BCUT2D eigenvalue weighted by molar-refractivity contribution is 0.0826. The first-order valence-corrected chi connectivity index (χ1v) is 13.6. The lowest BCUT2D eigenvalue weighted by atomic mass is 10.2. The van der Waals surface area contributed by atoms with Crippen LogP contribution in [0.1, 0.15) is 16.9 Å². The molecule has 0 unspecified atom stereocenters. The average molecular weight is 592 g/mol. The highest BCUT2D eigenvalue weighted by Crippen LogP contribution is 2.31. The van der Waals surface area contributed by atoms with Crippen molar-refractivity contribution in [3.05, 3.63) is 77.3 Å².